The molecular weight excluding hydrogens is 208 g/mol. The van der Waals surface area contributed by atoms with Crippen LogP contribution in [0.3, 0.4) is 0 Å². The Balaban J connectivity index is 1.98. The molecule has 0 aliphatic heterocycles. The molecule has 2 nitrogen and oxygen atoms in total. The molecule has 17 heavy (non-hydrogen) atoms. The fourth-order valence-electron chi connectivity index (χ4n) is 2.52. The first-order valence-corrected chi connectivity index (χ1v) is 6.95. The summed E-state index contributed by atoms with van der Waals surface area (Å²) in [4.78, 5) is 4.53. The first kappa shape index (κ1) is 12.6. The third-order valence-corrected chi connectivity index (χ3v) is 3.91. The molecule has 1 unspecified atom stereocenters. The number of hydrogen-bond donors (Lipinski definition) is 1. The smallest absolute Gasteiger partial charge is 0.0448 e. The highest BCUT2D eigenvalue weighted by atomic mass is 14.9. The van der Waals surface area contributed by atoms with Crippen molar-refractivity contribution < 1.29 is 0 Å². The van der Waals surface area contributed by atoms with Crippen LogP contribution >= 0.6 is 0 Å². The lowest BCUT2D eigenvalue weighted by molar-refractivity contribution is 0.226. The van der Waals surface area contributed by atoms with Crippen LogP contribution in [-0.4, -0.2) is 17.6 Å². The minimum absolute atomic E-state index is 0.636. The molecule has 1 N–H and O–H groups in total. The van der Waals surface area contributed by atoms with E-state index in [0.717, 1.165) is 18.9 Å². The number of aromatic nitrogens is 1. The van der Waals surface area contributed by atoms with Gasteiger partial charge in [0.1, 0.15) is 0 Å². The van der Waals surface area contributed by atoms with E-state index in [1.807, 2.05) is 12.3 Å². The van der Waals surface area contributed by atoms with E-state index in [0.29, 0.717) is 6.04 Å². The molecule has 0 aromatic carbocycles. The zero-order valence-electron chi connectivity index (χ0n) is 11.1. The van der Waals surface area contributed by atoms with Gasteiger partial charge in [0.15, 0.2) is 0 Å². The minimum atomic E-state index is 0.636. The van der Waals surface area contributed by atoms with E-state index in [2.05, 4.69) is 30.2 Å². The molecule has 0 spiro atoms. The maximum absolute atomic E-state index is 4.53. The van der Waals surface area contributed by atoms with Crippen molar-refractivity contribution >= 4 is 0 Å². The lowest BCUT2D eigenvalue weighted by Crippen LogP contribution is -2.41. The molecule has 2 heteroatoms. The molecule has 1 saturated carbocycles. The van der Waals surface area contributed by atoms with Crippen LogP contribution in [0.4, 0.5) is 0 Å². The lowest BCUT2D eigenvalue weighted by atomic mass is 9.78. The topological polar surface area (TPSA) is 24.9 Å². The molecule has 0 amide bonds. The monoisotopic (exact) mass is 232 g/mol. The second-order valence-corrected chi connectivity index (χ2v) is 5.22. The highest BCUT2D eigenvalue weighted by Crippen LogP contribution is 2.31. The summed E-state index contributed by atoms with van der Waals surface area (Å²) in [6.45, 7) is 5.53. The number of pyridine rings is 1. The van der Waals surface area contributed by atoms with Gasteiger partial charge < -0.3 is 5.32 Å². The van der Waals surface area contributed by atoms with Crippen molar-refractivity contribution in [3.8, 4) is 0 Å². The molecule has 0 saturated heterocycles. The minimum Gasteiger partial charge on any atom is -0.313 e. The van der Waals surface area contributed by atoms with Crippen molar-refractivity contribution in [3.05, 3.63) is 29.6 Å². The van der Waals surface area contributed by atoms with Gasteiger partial charge in [0.25, 0.3) is 0 Å². The Morgan fingerprint density at radius 2 is 2.29 bits per heavy atom. The van der Waals surface area contributed by atoms with E-state index in [1.54, 1.807) is 0 Å². The standard InChI is InChI=1S/C15H24N2/c1-3-9-16-15(13-7-4-8-13)11-14-12(2)6-5-10-17-14/h5-6,10,13,15-16H,3-4,7-9,11H2,1-2H3. The average molecular weight is 232 g/mol. The maximum atomic E-state index is 4.53. The Labute approximate surface area is 105 Å². The van der Waals surface area contributed by atoms with E-state index in [9.17, 15) is 0 Å². The van der Waals surface area contributed by atoms with E-state index in [-0.39, 0.29) is 0 Å². The first-order chi connectivity index (χ1) is 8.31. The van der Waals surface area contributed by atoms with E-state index >= 15 is 0 Å². The highest BCUT2D eigenvalue weighted by Gasteiger charge is 2.27. The van der Waals surface area contributed by atoms with Crippen LogP contribution in [0.5, 0.6) is 0 Å². The van der Waals surface area contributed by atoms with Gasteiger partial charge in [0.2, 0.25) is 0 Å². The molecule has 1 aliphatic rings. The molecule has 1 fully saturated rings. The van der Waals surface area contributed by atoms with Crippen molar-refractivity contribution in [2.75, 3.05) is 6.54 Å². The molecule has 1 aromatic heterocycles. The largest absolute Gasteiger partial charge is 0.313 e. The van der Waals surface area contributed by atoms with Crippen molar-refractivity contribution in [1.82, 2.24) is 10.3 Å². The average Bonchev–Trinajstić information content (AvgIpc) is 2.26. The van der Waals surface area contributed by atoms with Gasteiger partial charge in [-0.3, -0.25) is 4.98 Å². The third-order valence-electron chi connectivity index (χ3n) is 3.91. The Bertz CT molecular complexity index is 345. The van der Waals surface area contributed by atoms with Crippen LogP contribution in [-0.2, 0) is 6.42 Å². The number of aryl methyl sites for hydroxylation is 1. The molecule has 1 atom stereocenters. The molecule has 1 heterocycles. The lowest BCUT2D eigenvalue weighted by Gasteiger charge is -2.34. The third kappa shape index (κ3) is 3.29. The predicted molar refractivity (Wildman–Crippen MR) is 72.1 cm³/mol. The fourth-order valence-corrected chi connectivity index (χ4v) is 2.52. The summed E-state index contributed by atoms with van der Waals surface area (Å²) >= 11 is 0. The van der Waals surface area contributed by atoms with Gasteiger partial charge in [-0.2, -0.15) is 0 Å². The number of nitrogens with zero attached hydrogens (tertiary/aromatic N) is 1. The van der Waals surface area contributed by atoms with Gasteiger partial charge in [0, 0.05) is 24.4 Å². The van der Waals surface area contributed by atoms with Crippen molar-refractivity contribution in [2.45, 2.75) is 52.0 Å². The van der Waals surface area contributed by atoms with Crippen molar-refractivity contribution in [1.29, 1.82) is 0 Å². The Kier molecular flexibility index (Phi) is 4.55. The van der Waals surface area contributed by atoms with Gasteiger partial charge in [-0.1, -0.05) is 19.4 Å². The normalized spacial score (nSPS) is 17.8. The summed E-state index contributed by atoms with van der Waals surface area (Å²) in [6.07, 6.45) is 8.43. The van der Waals surface area contributed by atoms with E-state index < -0.39 is 0 Å². The van der Waals surface area contributed by atoms with Gasteiger partial charge in [-0.05, 0) is 50.3 Å². The zero-order chi connectivity index (χ0) is 12.1. The summed E-state index contributed by atoms with van der Waals surface area (Å²) in [5.74, 6) is 0.878. The molecule has 0 radical (unpaired) electrons. The number of rotatable bonds is 6. The number of hydrogen-bond acceptors (Lipinski definition) is 2. The van der Waals surface area contributed by atoms with E-state index in [4.69, 9.17) is 0 Å². The van der Waals surface area contributed by atoms with Gasteiger partial charge in [-0.15, -0.1) is 0 Å². The fraction of sp³-hybridized carbons (Fsp3) is 0.667. The van der Waals surface area contributed by atoms with Crippen molar-refractivity contribution in [3.63, 3.8) is 0 Å². The summed E-state index contributed by atoms with van der Waals surface area (Å²) in [6, 6.07) is 4.83. The molecule has 1 aliphatic carbocycles. The van der Waals surface area contributed by atoms with Crippen molar-refractivity contribution in [2.24, 2.45) is 5.92 Å². The van der Waals surface area contributed by atoms with Crippen LogP contribution < -0.4 is 5.32 Å². The van der Waals surface area contributed by atoms with Gasteiger partial charge in [0.05, 0.1) is 0 Å². The molecule has 2 rings (SSSR count). The van der Waals surface area contributed by atoms with Crippen LogP contribution in [0.2, 0.25) is 0 Å². The van der Waals surface area contributed by atoms with Crippen LogP contribution in [0.1, 0.15) is 43.9 Å². The SMILES string of the molecule is CCCNC(Cc1ncccc1C)C1CCC1. The summed E-state index contributed by atoms with van der Waals surface area (Å²) < 4.78 is 0. The molecule has 1 aromatic rings. The van der Waals surface area contributed by atoms with E-state index in [1.165, 1.54) is 36.9 Å². The summed E-state index contributed by atoms with van der Waals surface area (Å²) in [7, 11) is 0. The maximum Gasteiger partial charge on any atom is 0.0448 e. The molecule has 0 bridgehead atoms. The molecular formula is C15H24N2. The molecule has 94 valence electrons. The van der Waals surface area contributed by atoms with Gasteiger partial charge >= 0.3 is 0 Å². The Morgan fingerprint density at radius 3 is 2.88 bits per heavy atom. The summed E-state index contributed by atoms with van der Waals surface area (Å²) in [5, 5.41) is 3.71. The van der Waals surface area contributed by atoms with Crippen LogP contribution in [0.25, 0.3) is 0 Å². The van der Waals surface area contributed by atoms with Crippen LogP contribution in [0.15, 0.2) is 18.3 Å². The number of nitrogens with one attached hydrogen (secondary N) is 1. The summed E-state index contributed by atoms with van der Waals surface area (Å²) in [5.41, 5.74) is 2.60. The van der Waals surface area contributed by atoms with Crippen LogP contribution in [0, 0.1) is 12.8 Å². The van der Waals surface area contributed by atoms with Gasteiger partial charge in [-0.25, -0.2) is 0 Å². The second kappa shape index (κ2) is 6.15. The Morgan fingerprint density at radius 1 is 1.47 bits per heavy atom. The first-order valence-electron chi connectivity index (χ1n) is 6.95. The highest BCUT2D eigenvalue weighted by molar-refractivity contribution is 5.19. The zero-order valence-corrected chi connectivity index (χ0v) is 11.1. The quantitative estimate of drug-likeness (QED) is 0.815. The second-order valence-electron chi connectivity index (χ2n) is 5.22. The Hall–Kier alpha value is -0.890. The predicted octanol–water partition coefficient (Wildman–Crippen LogP) is 3.10.